The molecular weight excluding hydrogens is 340 g/mol. The standard InChI is InChI=1S/C22H24N2OS/c1-16-8-10-19(11-9-16)22-24-20(15-26-22)14-21(25)23-13-12-17(2)18-6-4-3-5-7-18/h3-11,15,17H,12-14H2,1-2H3,(H,23,25). The first-order chi connectivity index (χ1) is 12.6. The summed E-state index contributed by atoms with van der Waals surface area (Å²) in [5.41, 5.74) is 4.47. The molecule has 0 aliphatic rings. The number of rotatable bonds is 7. The van der Waals surface area contributed by atoms with E-state index < -0.39 is 0 Å². The minimum Gasteiger partial charge on any atom is -0.356 e. The minimum absolute atomic E-state index is 0.0333. The number of nitrogens with one attached hydrogen (secondary N) is 1. The van der Waals surface area contributed by atoms with Gasteiger partial charge in [0, 0.05) is 17.5 Å². The summed E-state index contributed by atoms with van der Waals surface area (Å²) in [4.78, 5) is 16.8. The van der Waals surface area contributed by atoms with Gasteiger partial charge in [0.2, 0.25) is 5.91 Å². The summed E-state index contributed by atoms with van der Waals surface area (Å²) >= 11 is 1.59. The lowest BCUT2D eigenvalue weighted by atomic mass is 9.98. The molecule has 1 N–H and O–H groups in total. The Hall–Kier alpha value is -2.46. The van der Waals surface area contributed by atoms with Gasteiger partial charge in [-0.25, -0.2) is 4.98 Å². The second kappa shape index (κ2) is 8.77. The Kier molecular flexibility index (Phi) is 6.18. The van der Waals surface area contributed by atoms with Crippen LogP contribution in [0, 0.1) is 6.92 Å². The van der Waals surface area contributed by atoms with E-state index >= 15 is 0 Å². The van der Waals surface area contributed by atoms with Crippen molar-refractivity contribution in [1.29, 1.82) is 0 Å². The average Bonchev–Trinajstić information content (AvgIpc) is 3.11. The molecular formula is C22H24N2OS. The van der Waals surface area contributed by atoms with Gasteiger partial charge in [0.25, 0.3) is 0 Å². The summed E-state index contributed by atoms with van der Waals surface area (Å²) in [6.07, 6.45) is 1.27. The lowest BCUT2D eigenvalue weighted by Crippen LogP contribution is -2.27. The Morgan fingerprint density at radius 1 is 1.12 bits per heavy atom. The molecule has 26 heavy (non-hydrogen) atoms. The average molecular weight is 365 g/mol. The quantitative estimate of drug-likeness (QED) is 0.643. The molecule has 1 amide bonds. The highest BCUT2D eigenvalue weighted by Gasteiger charge is 2.10. The lowest BCUT2D eigenvalue weighted by Gasteiger charge is -2.12. The van der Waals surface area contributed by atoms with Crippen LogP contribution in [0.3, 0.4) is 0 Å². The molecule has 0 aliphatic carbocycles. The van der Waals surface area contributed by atoms with E-state index in [1.807, 2.05) is 11.4 Å². The van der Waals surface area contributed by atoms with E-state index in [0.29, 0.717) is 18.9 Å². The third-order valence-corrected chi connectivity index (χ3v) is 5.40. The Balaban J connectivity index is 1.47. The maximum absolute atomic E-state index is 12.2. The predicted molar refractivity (Wildman–Crippen MR) is 108 cm³/mol. The molecule has 1 atom stereocenters. The summed E-state index contributed by atoms with van der Waals surface area (Å²) < 4.78 is 0. The van der Waals surface area contributed by atoms with Crippen molar-refractivity contribution in [2.24, 2.45) is 0 Å². The maximum atomic E-state index is 12.2. The molecule has 0 bridgehead atoms. The van der Waals surface area contributed by atoms with E-state index in [1.54, 1.807) is 11.3 Å². The van der Waals surface area contributed by atoms with Crippen LogP contribution in [0.1, 0.15) is 36.1 Å². The summed E-state index contributed by atoms with van der Waals surface area (Å²) in [5, 5.41) is 5.95. The van der Waals surface area contributed by atoms with E-state index in [4.69, 9.17) is 0 Å². The van der Waals surface area contributed by atoms with Gasteiger partial charge < -0.3 is 5.32 Å². The van der Waals surface area contributed by atoms with Crippen LogP contribution in [-0.4, -0.2) is 17.4 Å². The third kappa shape index (κ3) is 5.02. The summed E-state index contributed by atoms with van der Waals surface area (Å²) in [5.74, 6) is 0.468. The zero-order valence-corrected chi connectivity index (χ0v) is 16.1. The lowest BCUT2D eigenvalue weighted by molar-refractivity contribution is -0.120. The highest BCUT2D eigenvalue weighted by atomic mass is 32.1. The van der Waals surface area contributed by atoms with Crippen molar-refractivity contribution >= 4 is 17.2 Å². The molecule has 4 heteroatoms. The van der Waals surface area contributed by atoms with Crippen molar-refractivity contribution < 1.29 is 4.79 Å². The Morgan fingerprint density at radius 2 is 1.85 bits per heavy atom. The van der Waals surface area contributed by atoms with E-state index in [1.165, 1.54) is 11.1 Å². The van der Waals surface area contributed by atoms with Gasteiger partial charge in [0.05, 0.1) is 12.1 Å². The number of benzene rings is 2. The second-order valence-electron chi connectivity index (χ2n) is 6.64. The Labute approximate surface area is 159 Å². The number of nitrogens with zero attached hydrogens (tertiary/aromatic N) is 1. The molecule has 0 spiro atoms. The first-order valence-electron chi connectivity index (χ1n) is 8.95. The largest absolute Gasteiger partial charge is 0.356 e. The van der Waals surface area contributed by atoms with Gasteiger partial charge in [-0.05, 0) is 24.8 Å². The fourth-order valence-electron chi connectivity index (χ4n) is 2.82. The van der Waals surface area contributed by atoms with Crippen molar-refractivity contribution in [3.05, 3.63) is 76.8 Å². The molecule has 0 fully saturated rings. The van der Waals surface area contributed by atoms with E-state index in [-0.39, 0.29) is 5.91 Å². The summed E-state index contributed by atoms with van der Waals surface area (Å²) in [6, 6.07) is 18.7. The topological polar surface area (TPSA) is 42.0 Å². The van der Waals surface area contributed by atoms with E-state index in [9.17, 15) is 4.79 Å². The normalized spacial score (nSPS) is 11.9. The molecule has 134 valence electrons. The monoisotopic (exact) mass is 364 g/mol. The zero-order valence-electron chi connectivity index (χ0n) is 15.2. The van der Waals surface area contributed by atoms with Crippen LogP contribution < -0.4 is 5.32 Å². The van der Waals surface area contributed by atoms with Crippen LogP contribution in [-0.2, 0) is 11.2 Å². The van der Waals surface area contributed by atoms with Gasteiger partial charge in [-0.3, -0.25) is 4.79 Å². The molecule has 3 nitrogen and oxygen atoms in total. The van der Waals surface area contributed by atoms with Crippen molar-refractivity contribution in [2.45, 2.75) is 32.6 Å². The second-order valence-corrected chi connectivity index (χ2v) is 7.50. The van der Waals surface area contributed by atoms with Crippen LogP contribution in [0.15, 0.2) is 60.0 Å². The molecule has 1 heterocycles. The molecule has 2 aromatic carbocycles. The molecule has 0 saturated carbocycles. The number of carbonyl (C=O) groups excluding carboxylic acids is 1. The summed E-state index contributed by atoms with van der Waals surface area (Å²) in [6.45, 7) is 4.94. The van der Waals surface area contributed by atoms with Crippen LogP contribution in [0.4, 0.5) is 0 Å². The highest BCUT2D eigenvalue weighted by Crippen LogP contribution is 2.24. The molecule has 3 rings (SSSR count). The van der Waals surface area contributed by atoms with Gasteiger partial charge in [0.1, 0.15) is 5.01 Å². The van der Waals surface area contributed by atoms with Gasteiger partial charge in [-0.1, -0.05) is 67.1 Å². The number of thiazole rings is 1. The molecule has 0 radical (unpaired) electrons. The zero-order chi connectivity index (χ0) is 18.4. The smallest absolute Gasteiger partial charge is 0.226 e. The van der Waals surface area contributed by atoms with Gasteiger partial charge in [0.15, 0.2) is 0 Å². The first kappa shape index (κ1) is 18.3. The van der Waals surface area contributed by atoms with Crippen molar-refractivity contribution in [1.82, 2.24) is 10.3 Å². The Bertz CT molecular complexity index is 840. The van der Waals surface area contributed by atoms with Crippen molar-refractivity contribution in [2.75, 3.05) is 6.54 Å². The fourth-order valence-corrected chi connectivity index (χ4v) is 3.65. The van der Waals surface area contributed by atoms with E-state index in [0.717, 1.165) is 22.7 Å². The van der Waals surface area contributed by atoms with Gasteiger partial charge in [-0.15, -0.1) is 11.3 Å². The minimum atomic E-state index is 0.0333. The van der Waals surface area contributed by atoms with Crippen LogP contribution in [0.5, 0.6) is 0 Å². The van der Waals surface area contributed by atoms with Crippen molar-refractivity contribution in [3.63, 3.8) is 0 Å². The van der Waals surface area contributed by atoms with Crippen LogP contribution >= 0.6 is 11.3 Å². The third-order valence-electron chi connectivity index (χ3n) is 4.46. The number of carbonyl (C=O) groups is 1. The van der Waals surface area contributed by atoms with Crippen LogP contribution in [0.25, 0.3) is 10.6 Å². The van der Waals surface area contributed by atoms with E-state index in [2.05, 4.69) is 72.7 Å². The maximum Gasteiger partial charge on any atom is 0.226 e. The highest BCUT2D eigenvalue weighted by molar-refractivity contribution is 7.13. The number of hydrogen-bond donors (Lipinski definition) is 1. The SMILES string of the molecule is Cc1ccc(-c2nc(CC(=O)NCCC(C)c3ccccc3)cs2)cc1. The molecule has 1 aromatic heterocycles. The van der Waals surface area contributed by atoms with Crippen LogP contribution in [0.2, 0.25) is 0 Å². The molecule has 0 aliphatic heterocycles. The van der Waals surface area contributed by atoms with Gasteiger partial charge >= 0.3 is 0 Å². The number of aryl methyl sites for hydroxylation is 1. The van der Waals surface area contributed by atoms with Gasteiger partial charge in [-0.2, -0.15) is 0 Å². The first-order valence-corrected chi connectivity index (χ1v) is 9.83. The molecule has 3 aromatic rings. The number of hydrogen-bond acceptors (Lipinski definition) is 3. The van der Waals surface area contributed by atoms with Crippen molar-refractivity contribution in [3.8, 4) is 10.6 Å². The fraction of sp³-hybridized carbons (Fsp3) is 0.273. The molecule has 1 unspecified atom stereocenters. The Morgan fingerprint density at radius 3 is 2.58 bits per heavy atom. The predicted octanol–water partition coefficient (Wildman–Crippen LogP) is 4.97. The number of amides is 1. The molecule has 0 saturated heterocycles. The number of aromatic nitrogens is 1. The summed E-state index contributed by atoms with van der Waals surface area (Å²) in [7, 11) is 0.